The van der Waals surface area contributed by atoms with E-state index in [2.05, 4.69) is 44.8 Å². The van der Waals surface area contributed by atoms with Gasteiger partial charge in [0.1, 0.15) is 0 Å². The molecule has 1 aliphatic heterocycles. The third-order valence-corrected chi connectivity index (χ3v) is 4.08. The highest BCUT2D eigenvalue weighted by Crippen LogP contribution is 2.24. The van der Waals surface area contributed by atoms with Crippen molar-refractivity contribution in [2.75, 3.05) is 19.6 Å². The summed E-state index contributed by atoms with van der Waals surface area (Å²) in [7, 11) is 0. The van der Waals surface area contributed by atoms with Gasteiger partial charge in [0.05, 0.1) is 0 Å². The lowest BCUT2D eigenvalue weighted by molar-refractivity contribution is 0.171. The molecular weight excluding hydrogens is 208 g/mol. The fourth-order valence-electron chi connectivity index (χ4n) is 2.93. The van der Waals surface area contributed by atoms with Crippen molar-refractivity contribution in [1.29, 1.82) is 0 Å². The van der Waals surface area contributed by atoms with Crippen LogP contribution in [0.25, 0.3) is 0 Å². The molecule has 1 rings (SSSR count). The van der Waals surface area contributed by atoms with E-state index in [-0.39, 0.29) is 0 Å². The Morgan fingerprint density at radius 1 is 1.24 bits per heavy atom. The highest BCUT2D eigenvalue weighted by Gasteiger charge is 2.29. The number of nitrogens with one attached hydrogen (secondary N) is 1. The molecule has 1 saturated heterocycles. The molecule has 17 heavy (non-hydrogen) atoms. The van der Waals surface area contributed by atoms with Crippen LogP contribution in [0.1, 0.15) is 53.9 Å². The normalized spacial score (nSPS) is 23.8. The second-order valence-electron chi connectivity index (χ2n) is 6.25. The van der Waals surface area contributed by atoms with E-state index in [1.54, 1.807) is 0 Å². The first-order valence-corrected chi connectivity index (χ1v) is 7.53. The van der Waals surface area contributed by atoms with Gasteiger partial charge in [0, 0.05) is 18.6 Å². The van der Waals surface area contributed by atoms with Gasteiger partial charge in [-0.3, -0.25) is 4.90 Å². The largest absolute Gasteiger partial charge is 0.312 e. The summed E-state index contributed by atoms with van der Waals surface area (Å²) in [5, 5.41) is 3.71. The van der Waals surface area contributed by atoms with Crippen molar-refractivity contribution in [3.63, 3.8) is 0 Å². The second-order valence-corrected chi connectivity index (χ2v) is 6.25. The van der Waals surface area contributed by atoms with Crippen LogP contribution in [0.4, 0.5) is 0 Å². The van der Waals surface area contributed by atoms with E-state index in [4.69, 9.17) is 0 Å². The lowest BCUT2D eigenvalue weighted by Crippen LogP contribution is -2.47. The van der Waals surface area contributed by atoms with Gasteiger partial charge < -0.3 is 5.32 Å². The van der Waals surface area contributed by atoms with Crippen LogP contribution in [0.3, 0.4) is 0 Å². The monoisotopic (exact) mass is 240 g/mol. The predicted octanol–water partition coefficient (Wildman–Crippen LogP) is 3.13. The zero-order valence-electron chi connectivity index (χ0n) is 12.5. The van der Waals surface area contributed by atoms with Crippen molar-refractivity contribution in [3.05, 3.63) is 0 Å². The van der Waals surface area contributed by atoms with Crippen molar-refractivity contribution in [2.45, 2.75) is 66.0 Å². The van der Waals surface area contributed by atoms with Crippen molar-refractivity contribution in [2.24, 2.45) is 11.8 Å². The minimum atomic E-state index is 0.661. The summed E-state index contributed by atoms with van der Waals surface area (Å²) in [6.07, 6.45) is 4.02. The Bertz CT molecular complexity index is 201. The quantitative estimate of drug-likeness (QED) is 0.735. The molecule has 2 heteroatoms. The average Bonchev–Trinajstić information content (AvgIpc) is 2.71. The first-order valence-electron chi connectivity index (χ1n) is 7.53. The summed E-state index contributed by atoms with van der Waals surface area (Å²) < 4.78 is 0. The molecule has 0 aliphatic carbocycles. The van der Waals surface area contributed by atoms with Crippen LogP contribution in [-0.4, -0.2) is 36.6 Å². The zero-order chi connectivity index (χ0) is 12.8. The van der Waals surface area contributed by atoms with Gasteiger partial charge in [0.25, 0.3) is 0 Å². The van der Waals surface area contributed by atoms with Gasteiger partial charge in [-0.25, -0.2) is 0 Å². The third-order valence-electron chi connectivity index (χ3n) is 4.08. The molecule has 0 spiro atoms. The average molecular weight is 240 g/mol. The van der Waals surface area contributed by atoms with Gasteiger partial charge in [0.15, 0.2) is 0 Å². The van der Waals surface area contributed by atoms with Crippen LogP contribution in [0.5, 0.6) is 0 Å². The van der Waals surface area contributed by atoms with E-state index < -0.39 is 0 Å². The maximum Gasteiger partial charge on any atom is 0.0218 e. The van der Waals surface area contributed by atoms with Crippen LogP contribution < -0.4 is 5.32 Å². The topological polar surface area (TPSA) is 15.3 Å². The maximum absolute atomic E-state index is 3.71. The van der Waals surface area contributed by atoms with E-state index in [1.165, 1.54) is 32.4 Å². The summed E-state index contributed by atoms with van der Waals surface area (Å²) in [4.78, 5) is 2.72. The summed E-state index contributed by atoms with van der Waals surface area (Å²) >= 11 is 0. The highest BCUT2D eigenvalue weighted by atomic mass is 15.2. The summed E-state index contributed by atoms with van der Waals surface area (Å²) in [5.74, 6) is 1.53. The SMILES string of the molecule is CCCNC(CN1CCCC1C(C)C)C(C)C. The van der Waals surface area contributed by atoms with Crippen molar-refractivity contribution in [3.8, 4) is 0 Å². The Labute approximate surface area is 108 Å². The first-order chi connectivity index (χ1) is 8.06. The first kappa shape index (κ1) is 15.0. The van der Waals surface area contributed by atoms with Crippen LogP contribution in [0.15, 0.2) is 0 Å². The maximum atomic E-state index is 3.71. The Hall–Kier alpha value is -0.0800. The van der Waals surface area contributed by atoms with Crippen molar-refractivity contribution in [1.82, 2.24) is 10.2 Å². The van der Waals surface area contributed by atoms with E-state index in [1.807, 2.05) is 0 Å². The number of rotatable bonds is 7. The molecule has 1 heterocycles. The minimum Gasteiger partial charge on any atom is -0.312 e. The summed E-state index contributed by atoms with van der Waals surface area (Å²) in [6, 6.07) is 1.48. The molecule has 0 aromatic heterocycles. The Morgan fingerprint density at radius 3 is 2.47 bits per heavy atom. The zero-order valence-corrected chi connectivity index (χ0v) is 12.5. The van der Waals surface area contributed by atoms with Crippen LogP contribution >= 0.6 is 0 Å². The van der Waals surface area contributed by atoms with Gasteiger partial charge >= 0.3 is 0 Å². The van der Waals surface area contributed by atoms with Gasteiger partial charge in [-0.2, -0.15) is 0 Å². The standard InChI is InChI=1S/C15H32N2/c1-6-9-16-14(12(2)3)11-17-10-7-8-15(17)13(4)5/h12-16H,6-11H2,1-5H3. The summed E-state index contributed by atoms with van der Waals surface area (Å²) in [5.41, 5.74) is 0. The fraction of sp³-hybridized carbons (Fsp3) is 1.00. The van der Waals surface area contributed by atoms with E-state index in [9.17, 15) is 0 Å². The van der Waals surface area contributed by atoms with E-state index in [0.717, 1.165) is 24.4 Å². The van der Waals surface area contributed by atoms with Crippen LogP contribution in [0, 0.1) is 11.8 Å². The Kier molecular flexibility index (Phi) is 6.50. The molecule has 0 radical (unpaired) electrons. The third kappa shape index (κ3) is 4.59. The molecular formula is C15H32N2. The molecule has 1 fully saturated rings. The van der Waals surface area contributed by atoms with Crippen molar-refractivity contribution >= 4 is 0 Å². The van der Waals surface area contributed by atoms with E-state index in [0.29, 0.717) is 6.04 Å². The molecule has 102 valence electrons. The smallest absolute Gasteiger partial charge is 0.0218 e. The number of hydrogen-bond acceptors (Lipinski definition) is 2. The van der Waals surface area contributed by atoms with Gasteiger partial charge in [-0.05, 0) is 44.2 Å². The molecule has 0 aromatic carbocycles. The molecule has 0 aromatic rings. The van der Waals surface area contributed by atoms with Crippen LogP contribution in [-0.2, 0) is 0 Å². The van der Waals surface area contributed by atoms with Gasteiger partial charge in [-0.1, -0.05) is 34.6 Å². The fourth-order valence-corrected chi connectivity index (χ4v) is 2.93. The van der Waals surface area contributed by atoms with Crippen LogP contribution in [0.2, 0.25) is 0 Å². The summed E-state index contributed by atoms with van der Waals surface area (Å²) in [6.45, 7) is 15.4. The molecule has 0 amide bonds. The van der Waals surface area contributed by atoms with Gasteiger partial charge in [0.2, 0.25) is 0 Å². The molecule has 0 saturated carbocycles. The highest BCUT2D eigenvalue weighted by molar-refractivity contribution is 4.85. The minimum absolute atomic E-state index is 0.661. The van der Waals surface area contributed by atoms with E-state index >= 15 is 0 Å². The lowest BCUT2D eigenvalue weighted by atomic mass is 9.99. The predicted molar refractivity (Wildman–Crippen MR) is 76.4 cm³/mol. The number of nitrogens with zero attached hydrogens (tertiary/aromatic N) is 1. The molecule has 1 aliphatic rings. The number of likely N-dealkylation sites (tertiary alicyclic amines) is 1. The number of hydrogen-bond donors (Lipinski definition) is 1. The Balaban J connectivity index is 2.47. The molecule has 2 nitrogen and oxygen atoms in total. The molecule has 2 atom stereocenters. The molecule has 1 N–H and O–H groups in total. The van der Waals surface area contributed by atoms with Gasteiger partial charge in [-0.15, -0.1) is 0 Å². The lowest BCUT2D eigenvalue weighted by Gasteiger charge is -2.33. The van der Waals surface area contributed by atoms with Crippen molar-refractivity contribution < 1.29 is 0 Å². The molecule has 0 bridgehead atoms. The molecule has 2 unspecified atom stereocenters. The second kappa shape index (κ2) is 7.38. The Morgan fingerprint density at radius 2 is 1.94 bits per heavy atom.